The summed E-state index contributed by atoms with van der Waals surface area (Å²) in [5, 5.41) is 51.3. The molecule has 3 aromatic heterocycles. The average Bonchev–Trinajstić information content (AvgIpc) is 3.13. The van der Waals surface area contributed by atoms with Crippen molar-refractivity contribution in [3.05, 3.63) is 62.4 Å². The van der Waals surface area contributed by atoms with Crippen molar-refractivity contribution in [2.45, 2.75) is 35.1 Å². The summed E-state index contributed by atoms with van der Waals surface area (Å²) in [7, 11) is -5.10. The smallest absolute Gasteiger partial charge is 0.296 e. The lowest BCUT2D eigenvalue weighted by atomic mass is 10.1. The van der Waals surface area contributed by atoms with E-state index in [1.807, 2.05) is 0 Å². The summed E-state index contributed by atoms with van der Waals surface area (Å²) >= 11 is 13.0. The number of nitrogens with two attached hydrogens (primary N) is 2. The Balaban J connectivity index is 1.55. The van der Waals surface area contributed by atoms with Gasteiger partial charge in [-0.2, -0.15) is 38.3 Å². The summed E-state index contributed by atoms with van der Waals surface area (Å²) in [6.45, 7) is 2.62. The maximum atomic E-state index is 12.7. The third-order valence-corrected chi connectivity index (χ3v) is 9.62. The molecule has 5 aromatic rings. The quantitative estimate of drug-likeness (QED) is 0.0195. The fourth-order valence-electron chi connectivity index (χ4n) is 4.75. The molecule has 0 unspecified atom stereocenters. The molecule has 0 bridgehead atoms. The van der Waals surface area contributed by atoms with Crippen LogP contribution in [0.4, 0.5) is 52.2 Å². The molecule has 306 valence electrons. The van der Waals surface area contributed by atoms with Crippen LogP contribution in [0.5, 0.6) is 5.88 Å². The van der Waals surface area contributed by atoms with Crippen LogP contribution in [0.15, 0.2) is 60.0 Å². The summed E-state index contributed by atoms with van der Waals surface area (Å²) in [6.07, 6.45) is 0. The first-order chi connectivity index (χ1) is 27.5. The van der Waals surface area contributed by atoms with Gasteiger partial charge in [0.2, 0.25) is 40.2 Å². The van der Waals surface area contributed by atoms with Crippen molar-refractivity contribution in [2.75, 3.05) is 21.7 Å². The third-order valence-electron chi connectivity index (χ3n) is 7.09. The lowest BCUT2D eigenvalue weighted by molar-refractivity contribution is -0.432. The van der Waals surface area contributed by atoms with E-state index in [9.17, 15) is 27.7 Å². The highest BCUT2D eigenvalue weighted by Crippen LogP contribution is 2.40. The number of nitrogen functional groups attached to an aromatic ring is 1. The van der Waals surface area contributed by atoms with E-state index in [2.05, 4.69) is 74.8 Å². The zero-order valence-electron chi connectivity index (χ0n) is 28.8. The van der Waals surface area contributed by atoms with Crippen LogP contribution in [-0.2, 0) is 35.4 Å². The highest BCUT2D eigenvalue weighted by molar-refractivity contribution is 7.95. The van der Waals surface area contributed by atoms with Gasteiger partial charge in [-0.25, -0.2) is 10.5 Å². The van der Waals surface area contributed by atoms with Gasteiger partial charge in [-0.1, -0.05) is 10.1 Å². The van der Waals surface area contributed by atoms with E-state index in [4.69, 9.17) is 45.2 Å². The number of benzene rings is 2. The Bertz CT molecular complexity index is 2570. The average molecular weight is 904 g/mol. The van der Waals surface area contributed by atoms with Gasteiger partial charge in [-0.15, -0.1) is 18.9 Å². The molecule has 0 spiro atoms. The first-order valence-corrected chi connectivity index (χ1v) is 18.9. The number of hydrogen-bond acceptors (Lipinski definition) is 25. The van der Waals surface area contributed by atoms with E-state index < -0.39 is 49.3 Å². The van der Waals surface area contributed by atoms with E-state index in [0.717, 1.165) is 16.7 Å². The minimum Gasteiger partial charge on any atom is -0.493 e. The largest absolute Gasteiger partial charge is 0.493 e. The molecule has 11 N–H and O–H groups in total. The second kappa shape index (κ2) is 18.8. The van der Waals surface area contributed by atoms with Crippen LogP contribution in [-0.4, -0.2) is 69.0 Å². The number of nitrogens with one attached hydrogen (secondary N) is 3. The lowest BCUT2D eigenvalue weighted by Crippen LogP contribution is -2.30. The summed E-state index contributed by atoms with van der Waals surface area (Å²) in [6, 6.07) is 6.36. The topological polar surface area (TPSA) is 381 Å². The van der Waals surface area contributed by atoms with Crippen LogP contribution in [0.1, 0.15) is 22.8 Å². The SMILES string of the molecule is CCn1c(O)c(N=Nc2cc(Nc3nc(Cl)nc(Nc4ccc(SOOO)c(Nc5nc(N)nc(Cl)n5)c4)n3)c(SOOO)cc2S(=O)(=O)O)c(C)c(C(N)=O)c1=O. The molecule has 0 fully saturated rings. The predicted molar refractivity (Wildman–Crippen MR) is 203 cm³/mol. The van der Waals surface area contributed by atoms with Crippen LogP contribution in [0.3, 0.4) is 0 Å². The summed E-state index contributed by atoms with van der Waals surface area (Å²) in [4.78, 5) is 48.0. The van der Waals surface area contributed by atoms with Gasteiger partial charge in [0, 0.05) is 17.8 Å². The molecule has 0 aliphatic heterocycles. The van der Waals surface area contributed by atoms with Crippen LogP contribution < -0.4 is 33.0 Å². The Labute approximate surface area is 341 Å². The fourth-order valence-corrected chi connectivity index (χ4v) is 6.68. The van der Waals surface area contributed by atoms with Gasteiger partial charge >= 0.3 is 0 Å². The number of pyridine rings is 1. The molecule has 0 radical (unpaired) electrons. The van der Waals surface area contributed by atoms with Crippen molar-refractivity contribution >= 4 is 116 Å². The second-order valence-electron chi connectivity index (χ2n) is 10.7. The standard InChI is InChI=1S/C27H24Cl2N14O12S3/c1-3-43-20(45)17(19(30)44)9(2)18(21(43)46)42-41-13-7-12(15(57-55-53-48)8-16(13)58(49,50)51)34-27-38-23(29)37-25(40-27)32-10-4-5-14(56-54-52-47)11(6-10)33-26-36-22(28)35-24(31)39-26/h4-8,46-48H,3H2,1-2H3,(H2,30,44)(H,49,50,51)(H3,31,33,35,36,39)(H2,32,34,37,38,40). The first kappa shape index (κ1) is 43.6. The van der Waals surface area contributed by atoms with E-state index in [1.165, 1.54) is 32.0 Å². The zero-order valence-corrected chi connectivity index (χ0v) is 32.8. The summed E-state index contributed by atoms with van der Waals surface area (Å²) in [5.74, 6) is -2.57. The molecular formula is C27H24Cl2N14O12S3. The van der Waals surface area contributed by atoms with Crippen molar-refractivity contribution in [3.63, 3.8) is 0 Å². The molecule has 0 saturated heterocycles. The number of nitrogens with zero attached hydrogens (tertiary/aromatic N) is 9. The van der Waals surface area contributed by atoms with Crippen LogP contribution in [0.2, 0.25) is 10.6 Å². The van der Waals surface area contributed by atoms with Crippen molar-refractivity contribution in [2.24, 2.45) is 16.0 Å². The maximum Gasteiger partial charge on any atom is 0.296 e. The molecule has 58 heavy (non-hydrogen) atoms. The van der Waals surface area contributed by atoms with E-state index in [-0.39, 0.29) is 74.8 Å². The van der Waals surface area contributed by atoms with Gasteiger partial charge in [0.05, 0.1) is 45.3 Å². The van der Waals surface area contributed by atoms with Gasteiger partial charge < -0.3 is 32.5 Å². The van der Waals surface area contributed by atoms with Gasteiger partial charge in [0.25, 0.3) is 21.6 Å². The highest BCUT2D eigenvalue weighted by Gasteiger charge is 2.24. The number of amides is 1. The molecule has 0 saturated carbocycles. The third kappa shape index (κ3) is 10.5. The van der Waals surface area contributed by atoms with Crippen LogP contribution >= 0.6 is 47.3 Å². The Morgan fingerprint density at radius 1 is 0.897 bits per heavy atom. The minimum atomic E-state index is -5.10. The number of primary amides is 1. The zero-order chi connectivity index (χ0) is 42.3. The Morgan fingerprint density at radius 3 is 2.07 bits per heavy atom. The van der Waals surface area contributed by atoms with Crippen LogP contribution in [0, 0.1) is 6.92 Å². The first-order valence-electron chi connectivity index (χ1n) is 15.2. The number of carbonyl (C=O) groups excluding carboxylic acids is 1. The number of carbonyl (C=O) groups is 1. The molecule has 0 aliphatic carbocycles. The maximum absolute atomic E-state index is 12.7. The number of aromatic hydroxyl groups is 1. The van der Waals surface area contributed by atoms with Gasteiger partial charge in [-0.3, -0.25) is 18.7 Å². The predicted octanol–water partition coefficient (Wildman–Crippen LogP) is 4.99. The highest BCUT2D eigenvalue weighted by atomic mass is 35.5. The molecule has 1 amide bonds. The Kier molecular flexibility index (Phi) is 14.1. The van der Waals surface area contributed by atoms with Crippen LogP contribution in [0.25, 0.3) is 0 Å². The van der Waals surface area contributed by atoms with E-state index in [1.54, 1.807) is 0 Å². The van der Waals surface area contributed by atoms with Crippen molar-refractivity contribution in [3.8, 4) is 5.88 Å². The number of rotatable bonds is 17. The summed E-state index contributed by atoms with van der Waals surface area (Å²) < 4.78 is 45.0. The number of azo groups is 1. The van der Waals surface area contributed by atoms with E-state index in [0.29, 0.717) is 22.6 Å². The molecule has 0 aliphatic rings. The van der Waals surface area contributed by atoms with Crippen molar-refractivity contribution in [1.29, 1.82) is 0 Å². The molecule has 0 atom stereocenters. The van der Waals surface area contributed by atoms with Gasteiger partial charge in [0.1, 0.15) is 21.8 Å². The van der Waals surface area contributed by atoms with Crippen molar-refractivity contribution < 1.29 is 52.1 Å². The number of aromatic nitrogens is 7. The van der Waals surface area contributed by atoms with E-state index >= 15 is 0 Å². The molecule has 5 rings (SSSR count). The Morgan fingerprint density at radius 2 is 1.48 bits per heavy atom. The number of halogens is 2. The lowest BCUT2D eigenvalue weighted by Gasteiger charge is -2.15. The molecular weight excluding hydrogens is 879 g/mol. The van der Waals surface area contributed by atoms with Gasteiger partial charge in [-0.05, 0) is 67.4 Å². The fraction of sp³-hybridized carbons (Fsp3) is 0.111. The normalized spacial score (nSPS) is 11.6. The number of hydrogen-bond donors (Lipinski definition) is 9. The molecule has 3 heterocycles. The monoisotopic (exact) mass is 902 g/mol. The second-order valence-corrected chi connectivity index (χ2v) is 14.2. The molecule has 2 aromatic carbocycles. The minimum absolute atomic E-state index is 0.0633. The molecule has 31 heteroatoms. The Hall–Kier alpha value is -5.57. The number of anilines is 7. The summed E-state index contributed by atoms with van der Waals surface area (Å²) in [5.41, 5.74) is 8.86. The van der Waals surface area contributed by atoms with Crippen molar-refractivity contribution in [1.82, 2.24) is 34.5 Å². The van der Waals surface area contributed by atoms with Gasteiger partial charge in [0.15, 0.2) is 0 Å². The molecule has 26 nitrogen and oxygen atoms in total.